The van der Waals surface area contributed by atoms with Crippen LogP contribution in [0.1, 0.15) is 17.2 Å². The number of carbonyl (C=O) groups excluding carboxylic acids is 2. The number of halogens is 1. The number of para-hydroxylation sites is 1. The molecule has 8 nitrogen and oxygen atoms in total. The summed E-state index contributed by atoms with van der Waals surface area (Å²) < 4.78 is 29.9. The van der Waals surface area contributed by atoms with Crippen molar-refractivity contribution in [3.05, 3.63) is 65.0 Å². The Bertz CT molecular complexity index is 1100. The van der Waals surface area contributed by atoms with Crippen LogP contribution in [0, 0.1) is 5.82 Å². The number of methoxy groups -OCH3 is 2. The van der Waals surface area contributed by atoms with Crippen LogP contribution in [0.4, 0.5) is 4.39 Å². The highest BCUT2D eigenvalue weighted by atomic mass is 19.1. The molecular formula is C25H27FN2O6. The molecule has 2 aliphatic rings. The maximum Gasteiger partial charge on any atom is 0.295 e. The van der Waals surface area contributed by atoms with Gasteiger partial charge in [-0.15, -0.1) is 0 Å². The molecule has 180 valence electrons. The second-order valence-corrected chi connectivity index (χ2v) is 8.04. The van der Waals surface area contributed by atoms with Crippen LogP contribution in [0.3, 0.4) is 0 Å². The highest BCUT2D eigenvalue weighted by Crippen LogP contribution is 2.45. The molecule has 9 heteroatoms. The average molecular weight is 470 g/mol. The van der Waals surface area contributed by atoms with Crippen molar-refractivity contribution in [1.82, 2.24) is 9.80 Å². The first-order valence-corrected chi connectivity index (χ1v) is 11.0. The van der Waals surface area contributed by atoms with Crippen LogP contribution in [-0.4, -0.2) is 80.2 Å². The molecule has 2 heterocycles. The number of likely N-dealkylation sites (tertiary alicyclic amines) is 1. The van der Waals surface area contributed by atoms with Gasteiger partial charge >= 0.3 is 0 Å². The number of aliphatic hydroxyl groups is 1. The largest absolute Gasteiger partial charge is 0.507 e. The zero-order valence-corrected chi connectivity index (χ0v) is 19.1. The number of hydrogen-bond acceptors (Lipinski definition) is 7. The number of benzene rings is 2. The SMILES string of the molecule is COc1cccc([C@@H]2/C(=C(\O)c3ccc(F)cc3)C(=O)C(=O)N2CCN2CCOCC2)c1OC. The zero-order valence-electron chi connectivity index (χ0n) is 19.1. The molecule has 2 fully saturated rings. The molecule has 2 aliphatic heterocycles. The summed E-state index contributed by atoms with van der Waals surface area (Å²) in [5.41, 5.74) is 0.663. The van der Waals surface area contributed by atoms with Crippen LogP contribution < -0.4 is 9.47 Å². The van der Waals surface area contributed by atoms with Crippen LogP contribution in [0.2, 0.25) is 0 Å². The van der Waals surface area contributed by atoms with Crippen LogP contribution in [0.5, 0.6) is 11.5 Å². The Kier molecular flexibility index (Phi) is 7.14. The van der Waals surface area contributed by atoms with Crippen molar-refractivity contribution in [2.75, 3.05) is 53.6 Å². The maximum absolute atomic E-state index is 13.5. The van der Waals surface area contributed by atoms with E-state index in [4.69, 9.17) is 14.2 Å². The number of aliphatic hydroxyl groups excluding tert-OH is 1. The molecule has 2 aromatic rings. The minimum absolute atomic E-state index is 0.0786. The lowest BCUT2D eigenvalue weighted by Gasteiger charge is -2.31. The molecule has 0 radical (unpaired) electrons. The van der Waals surface area contributed by atoms with Crippen LogP contribution in [-0.2, 0) is 14.3 Å². The van der Waals surface area contributed by atoms with Gasteiger partial charge in [0.05, 0.1) is 39.0 Å². The fraction of sp³-hybridized carbons (Fsp3) is 0.360. The number of hydrogen-bond donors (Lipinski definition) is 1. The summed E-state index contributed by atoms with van der Waals surface area (Å²) in [5, 5.41) is 11.1. The first-order chi connectivity index (χ1) is 16.5. The van der Waals surface area contributed by atoms with Crippen molar-refractivity contribution in [2.24, 2.45) is 0 Å². The van der Waals surface area contributed by atoms with Gasteiger partial charge in [0.1, 0.15) is 11.6 Å². The number of amides is 1. The van der Waals surface area contributed by atoms with E-state index in [1.807, 2.05) is 0 Å². The van der Waals surface area contributed by atoms with Crippen molar-refractivity contribution in [3.8, 4) is 11.5 Å². The number of ether oxygens (including phenoxy) is 3. The molecule has 1 amide bonds. The van der Waals surface area contributed by atoms with Crippen LogP contribution in [0.25, 0.3) is 5.76 Å². The molecule has 0 aliphatic carbocycles. The van der Waals surface area contributed by atoms with Gasteiger partial charge in [-0.05, 0) is 30.3 Å². The van der Waals surface area contributed by atoms with Crippen molar-refractivity contribution in [3.63, 3.8) is 0 Å². The van der Waals surface area contributed by atoms with E-state index in [0.29, 0.717) is 36.8 Å². The third kappa shape index (κ3) is 4.49. The van der Waals surface area contributed by atoms with Gasteiger partial charge in [0.25, 0.3) is 11.7 Å². The van der Waals surface area contributed by atoms with E-state index in [1.54, 1.807) is 18.2 Å². The topological polar surface area (TPSA) is 88.5 Å². The maximum atomic E-state index is 13.5. The van der Waals surface area contributed by atoms with E-state index in [1.165, 1.54) is 43.4 Å². The smallest absolute Gasteiger partial charge is 0.295 e. The standard InChI is InChI=1S/C25H27FN2O6/c1-32-19-5-3-4-18(24(19)33-2)21-20(22(29)16-6-8-17(26)9-7-16)23(30)25(31)28(21)11-10-27-12-14-34-15-13-27/h3-9,21,29H,10-15H2,1-2H3/b22-20+/t21-/m1/s1. The lowest BCUT2D eigenvalue weighted by atomic mass is 9.94. The lowest BCUT2D eigenvalue weighted by Crippen LogP contribution is -2.42. The number of nitrogens with zero attached hydrogens (tertiary/aromatic N) is 2. The summed E-state index contributed by atoms with van der Waals surface area (Å²) in [7, 11) is 2.97. The second kappa shape index (κ2) is 10.2. The molecular weight excluding hydrogens is 443 g/mol. The molecule has 2 saturated heterocycles. The van der Waals surface area contributed by atoms with E-state index in [0.717, 1.165) is 13.1 Å². The molecule has 1 atom stereocenters. The second-order valence-electron chi connectivity index (χ2n) is 8.04. The summed E-state index contributed by atoms with van der Waals surface area (Å²) in [4.78, 5) is 30.0. The van der Waals surface area contributed by atoms with Crippen LogP contribution >= 0.6 is 0 Å². The van der Waals surface area contributed by atoms with E-state index < -0.39 is 23.5 Å². The molecule has 0 unspecified atom stereocenters. The van der Waals surface area contributed by atoms with Gasteiger partial charge in [-0.25, -0.2) is 4.39 Å². The molecule has 0 saturated carbocycles. The molecule has 0 bridgehead atoms. The van der Waals surface area contributed by atoms with Gasteiger partial charge in [0, 0.05) is 37.3 Å². The quantitative estimate of drug-likeness (QED) is 0.378. The van der Waals surface area contributed by atoms with Gasteiger partial charge in [-0.3, -0.25) is 14.5 Å². The highest BCUT2D eigenvalue weighted by molar-refractivity contribution is 6.46. The number of morpholine rings is 1. The lowest BCUT2D eigenvalue weighted by molar-refractivity contribution is -0.140. The van der Waals surface area contributed by atoms with E-state index in [-0.39, 0.29) is 23.4 Å². The summed E-state index contributed by atoms with van der Waals surface area (Å²) in [6.45, 7) is 3.47. The number of ketones is 1. The monoisotopic (exact) mass is 470 g/mol. The third-order valence-electron chi connectivity index (χ3n) is 6.15. The van der Waals surface area contributed by atoms with Gasteiger partial charge in [-0.2, -0.15) is 0 Å². The molecule has 4 rings (SSSR count). The molecule has 2 aromatic carbocycles. The Balaban J connectivity index is 1.81. The Hall–Kier alpha value is -3.43. The normalized spacial score (nSPS) is 20.6. The average Bonchev–Trinajstić information content (AvgIpc) is 3.12. The van der Waals surface area contributed by atoms with Gasteiger partial charge in [0.15, 0.2) is 11.5 Å². The molecule has 0 aromatic heterocycles. The molecule has 1 N–H and O–H groups in total. The van der Waals surface area contributed by atoms with Gasteiger partial charge < -0.3 is 24.2 Å². The van der Waals surface area contributed by atoms with Crippen molar-refractivity contribution in [2.45, 2.75) is 6.04 Å². The summed E-state index contributed by atoms with van der Waals surface area (Å²) in [5.74, 6) is -1.58. The number of Topliss-reactive ketones (excluding diaryl/α,β-unsaturated/α-hetero) is 1. The minimum atomic E-state index is -0.906. The molecule has 0 spiro atoms. The highest BCUT2D eigenvalue weighted by Gasteiger charge is 2.47. The summed E-state index contributed by atoms with van der Waals surface area (Å²) in [6.07, 6.45) is 0. The Morgan fingerprint density at radius 2 is 1.76 bits per heavy atom. The first kappa shape index (κ1) is 23.7. The van der Waals surface area contributed by atoms with Gasteiger partial charge in [0.2, 0.25) is 0 Å². The summed E-state index contributed by atoms with van der Waals surface area (Å²) >= 11 is 0. The predicted octanol–water partition coefficient (Wildman–Crippen LogP) is 2.60. The first-order valence-electron chi connectivity index (χ1n) is 11.0. The van der Waals surface area contributed by atoms with Crippen molar-refractivity contribution < 1.29 is 33.3 Å². The van der Waals surface area contributed by atoms with E-state index in [2.05, 4.69) is 4.90 Å². The zero-order chi connectivity index (χ0) is 24.2. The fourth-order valence-electron chi connectivity index (χ4n) is 4.40. The molecule has 34 heavy (non-hydrogen) atoms. The minimum Gasteiger partial charge on any atom is -0.507 e. The Morgan fingerprint density at radius 3 is 2.41 bits per heavy atom. The van der Waals surface area contributed by atoms with Crippen molar-refractivity contribution >= 4 is 17.4 Å². The van der Waals surface area contributed by atoms with Gasteiger partial charge in [-0.1, -0.05) is 12.1 Å². The summed E-state index contributed by atoms with van der Waals surface area (Å²) in [6, 6.07) is 9.37. The van der Waals surface area contributed by atoms with E-state index in [9.17, 15) is 19.1 Å². The fourth-order valence-corrected chi connectivity index (χ4v) is 4.40. The predicted molar refractivity (Wildman–Crippen MR) is 122 cm³/mol. The number of carbonyl (C=O) groups is 2. The van der Waals surface area contributed by atoms with Crippen LogP contribution in [0.15, 0.2) is 48.0 Å². The Labute approximate surface area is 197 Å². The van der Waals surface area contributed by atoms with Crippen molar-refractivity contribution in [1.29, 1.82) is 0 Å². The third-order valence-corrected chi connectivity index (χ3v) is 6.15. The Morgan fingerprint density at radius 1 is 1.06 bits per heavy atom. The van der Waals surface area contributed by atoms with E-state index >= 15 is 0 Å². The number of rotatable bonds is 7.